The first-order valence-electron chi connectivity index (χ1n) is 4.92. The van der Waals surface area contributed by atoms with E-state index in [1.807, 2.05) is 6.92 Å². The van der Waals surface area contributed by atoms with Gasteiger partial charge in [-0.1, -0.05) is 12.1 Å². The second-order valence-electron chi connectivity index (χ2n) is 3.50. The molecule has 0 saturated heterocycles. The lowest BCUT2D eigenvalue weighted by Crippen LogP contribution is -2.32. The zero-order valence-corrected chi connectivity index (χ0v) is 10.6. The molecule has 1 aromatic carbocycles. The van der Waals surface area contributed by atoms with Crippen LogP contribution in [-0.4, -0.2) is 11.9 Å². The van der Waals surface area contributed by atoms with Gasteiger partial charge in [0, 0.05) is 6.04 Å². The minimum atomic E-state index is -0.536. The highest BCUT2D eigenvalue weighted by atomic mass is 79.9. The molecular formula is C12H13BrFNO. The zero-order valence-electron chi connectivity index (χ0n) is 8.97. The first-order valence-corrected chi connectivity index (χ1v) is 5.71. The van der Waals surface area contributed by atoms with Gasteiger partial charge in [0.2, 0.25) is 0 Å². The molecular weight excluding hydrogens is 273 g/mol. The molecule has 0 aliphatic rings. The van der Waals surface area contributed by atoms with E-state index in [4.69, 9.17) is 0 Å². The van der Waals surface area contributed by atoms with Crippen LogP contribution in [0.15, 0.2) is 35.3 Å². The van der Waals surface area contributed by atoms with E-state index in [-0.39, 0.29) is 16.1 Å². The Hall–Kier alpha value is -1.16. The van der Waals surface area contributed by atoms with Crippen molar-refractivity contribution >= 4 is 21.8 Å². The van der Waals surface area contributed by atoms with Gasteiger partial charge in [0.1, 0.15) is 5.82 Å². The van der Waals surface area contributed by atoms with E-state index < -0.39 is 11.7 Å². The van der Waals surface area contributed by atoms with E-state index in [0.717, 1.165) is 0 Å². The van der Waals surface area contributed by atoms with Gasteiger partial charge in [0.25, 0.3) is 5.91 Å². The average molecular weight is 286 g/mol. The van der Waals surface area contributed by atoms with Gasteiger partial charge < -0.3 is 5.32 Å². The molecule has 0 saturated carbocycles. The standard InChI is InChI=1S/C12H13BrFNO/c1-3-5-8(2)15-12(16)9-6-4-7-10(13)11(9)14/h3-4,6-8H,1,5H2,2H3,(H,15,16). The molecule has 0 heterocycles. The first kappa shape index (κ1) is 12.9. The van der Waals surface area contributed by atoms with Gasteiger partial charge in [0.05, 0.1) is 10.0 Å². The Bertz CT molecular complexity index is 406. The molecule has 0 spiro atoms. The number of hydrogen-bond acceptors (Lipinski definition) is 1. The maximum absolute atomic E-state index is 13.6. The number of benzene rings is 1. The molecule has 0 radical (unpaired) electrons. The molecule has 4 heteroatoms. The highest BCUT2D eigenvalue weighted by Gasteiger charge is 2.14. The van der Waals surface area contributed by atoms with E-state index >= 15 is 0 Å². The first-order chi connectivity index (χ1) is 7.56. The molecule has 1 amide bonds. The maximum atomic E-state index is 13.6. The fraction of sp³-hybridized carbons (Fsp3) is 0.250. The third kappa shape index (κ3) is 3.17. The summed E-state index contributed by atoms with van der Waals surface area (Å²) in [5.41, 5.74) is 0.0466. The largest absolute Gasteiger partial charge is 0.349 e. The molecule has 1 atom stereocenters. The molecule has 16 heavy (non-hydrogen) atoms. The summed E-state index contributed by atoms with van der Waals surface area (Å²) in [7, 11) is 0. The summed E-state index contributed by atoms with van der Waals surface area (Å²) in [5.74, 6) is -0.945. The molecule has 0 bridgehead atoms. The molecule has 1 unspecified atom stereocenters. The fourth-order valence-electron chi connectivity index (χ4n) is 1.29. The van der Waals surface area contributed by atoms with Gasteiger partial charge in [0.15, 0.2) is 0 Å². The van der Waals surface area contributed by atoms with Gasteiger partial charge in [-0.2, -0.15) is 0 Å². The highest BCUT2D eigenvalue weighted by molar-refractivity contribution is 9.10. The summed E-state index contributed by atoms with van der Waals surface area (Å²) in [4.78, 5) is 11.7. The predicted molar refractivity (Wildman–Crippen MR) is 65.8 cm³/mol. The second kappa shape index (κ2) is 5.80. The minimum absolute atomic E-state index is 0.0466. The number of rotatable bonds is 4. The van der Waals surface area contributed by atoms with Gasteiger partial charge in [-0.25, -0.2) is 4.39 Å². The van der Waals surface area contributed by atoms with Gasteiger partial charge >= 0.3 is 0 Å². The number of carbonyl (C=O) groups is 1. The van der Waals surface area contributed by atoms with Crippen LogP contribution < -0.4 is 5.32 Å². The Morgan fingerprint density at radius 2 is 2.38 bits per heavy atom. The fourth-order valence-corrected chi connectivity index (χ4v) is 1.66. The van der Waals surface area contributed by atoms with Crippen molar-refractivity contribution in [2.45, 2.75) is 19.4 Å². The molecule has 1 aromatic rings. The third-order valence-electron chi connectivity index (χ3n) is 2.09. The summed E-state index contributed by atoms with van der Waals surface area (Å²) in [6.07, 6.45) is 2.36. The topological polar surface area (TPSA) is 29.1 Å². The van der Waals surface area contributed by atoms with Crippen molar-refractivity contribution in [2.75, 3.05) is 0 Å². The van der Waals surface area contributed by atoms with Crippen molar-refractivity contribution in [1.82, 2.24) is 5.32 Å². The van der Waals surface area contributed by atoms with E-state index in [2.05, 4.69) is 27.8 Å². The van der Waals surface area contributed by atoms with Crippen molar-refractivity contribution in [3.05, 3.63) is 46.7 Å². The summed E-state index contributed by atoms with van der Waals surface area (Å²) in [5, 5.41) is 2.69. The lowest BCUT2D eigenvalue weighted by molar-refractivity contribution is 0.0936. The summed E-state index contributed by atoms with van der Waals surface area (Å²) < 4.78 is 13.8. The normalized spacial score (nSPS) is 11.9. The van der Waals surface area contributed by atoms with E-state index in [1.165, 1.54) is 6.07 Å². The van der Waals surface area contributed by atoms with Crippen molar-refractivity contribution in [2.24, 2.45) is 0 Å². The van der Waals surface area contributed by atoms with Crippen molar-refractivity contribution < 1.29 is 9.18 Å². The SMILES string of the molecule is C=CCC(C)NC(=O)c1cccc(Br)c1F. The van der Waals surface area contributed by atoms with E-state index in [0.29, 0.717) is 6.42 Å². The van der Waals surface area contributed by atoms with Crippen LogP contribution >= 0.6 is 15.9 Å². The number of amides is 1. The summed E-state index contributed by atoms with van der Waals surface area (Å²) >= 11 is 3.04. The molecule has 0 aliphatic heterocycles. The molecule has 0 fully saturated rings. The third-order valence-corrected chi connectivity index (χ3v) is 2.71. The summed E-state index contributed by atoms with van der Waals surface area (Å²) in [6.45, 7) is 5.42. The quantitative estimate of drug-likeness (QED) is 0.845. The Labute approximate surface area is 103 Å². The monoisotopic (exact) mass is 285 g/mol. The van der Waals surface area contributed by atoms with Crippen molar-refractivity contribution in [3.63, 3.8) is 0 Å². The van der Waals surface area contributed by atoms with Crippen LogP contribution in [0.5, 0.6) is 0 Å². The Morgan fingerprint density at radius 3 is 3.00 bits per heavy atom. The van der Waals surface area contributed by atoms with Crippen LogP contribution in [0.3, 0.4) is 0 Å². The Morgan fingerprint density at radius 1 is 1.69 bits per heavy atom. The van der Waals surface area contributed by atoms with E-state index in [9.17, 15) is 9.18 Å². The number of halogens is 2. The van der Waals surface area contributed by atoms with Gasteiger partial charge in [-0.15, -0.1) is 6.58 Å². The summed E-state index contributed by atoms with van der Waals surface area (Å²) in [6, 6.07) is 4.58. The molecule has 2 nitrogen and oxygen atoms in total. The number of nitrogens with one attached hydrogen (secondary N) is 1. The van der Waals surface area contributed by atoms with Gasteiger partial charge in [-0.05, 0) is 41.4 Å². The van der Waals surface area contributed by atoms with Crippen LogP contribution in [0, 0.1) is 5.82 Å². The molecule has 0 aromatic heterocycles. The average Bonchev–Trinajstić information content (AvgIpc) is 2.22. The smallest absolute Gasteiger partial charge is 0.254 e. The van der Waals surface area contributed by atoms with Gasteiger partial charge in [-0.3, -0.25) is 4.79 Å². The van der Waals surface area contributed by atoms with Crippen molar-refractivity contribution in [3.8, 4) is 0 Å². The minimum Gasteiger partial charge on any atom is -0.349 e. The van der Waals surface area contributed by atoms with Crippen LogP contribution in [0.2, 0.25) is 0 Å². The Kier molecular flexibility index (Phi) is 4.68. The van der Waals surface area contributed by atoms with Crippen molar-refractivity contribution in [1.29, 1.82) is 0 Å². The zero-order chi connectivity index (χ0) is 12.1. The number of hydrogen-bond donors (Lipinski definition) is 1. The van der Waals surface area contributed by atoms with Crippen LogP contribution in [0.1, 0.15) is 23.7 Å². The second-order valence-corrected chi connectivity index (χ2v) is 4.35. The Balaban J connectivity index is 2.81. The van der Waals surface area contributed by atoms with Crippen LogP contribution in [0.4, 0.5) is 4.39 Å². The maximum Gasteiger partial charge on any atom is 0.254 e. The number of carbonyl (C=O) groups excluding carboxylic acids is 1. The van der Waals surface area contributed by atoms with Crippen LogP contribution in [0.25, 0.3) is 0 Å². The lowest BCUT2D eigenvalue weighted by Gasteiger charge is -2.12. The van der Waals surface area contributed by atoms with Crippen LogP contribution in [-0.2, 0) is 0 Å². The molecule has 1 rings (SSSR count). The van der Waals surface area contributed by atoms with E-state index in [1.54, 1.807) is 18.2 Å². The molecule has 86 valence electrons. The lowest BCUT2D eigenvalue weighted by atomic mass is 10.1. The highest BCUT2D eigenvalue weighted by Crippen LogP contribution is 2.18. The molecule has 0 aliphatic carbocycles. The molecule has 1 N–H and O–H groups in total. The predicted octanol–water partition coefficient (Wildman–Crippen LogP) is 3.28.